The van der Waals surface area contributed by atoms with Gasteiger partial charge in [0.2, 0.25) is 5.95 Å². The number of anilines is 1. The second-order valence-corrected chi connectivity index (χ2v) is 6.57. The van der Waals surface area contributed by atoms with Gasteiger partial charge in [-0.05, 0) is 29.8 Å². The van der Waals surface area contributed by atoms with Crippen molar-refractivity contribution in [2.24, 2.45) is 0 Å². The molecule has 0 aliphatic heterocycles. The Balaban J connectivity index is 1.70. The highest BCUT2D eigenvalue weighted by Gasteiger charge is 2.16. The van der Waals surface area contributed by atoms with Gasteiger partial charge in [-0.3, -0.25) is 4.79 Å². The van der Waals surface area contributed by atoms with E-state index in [4.69, 9.17) is 14.2 Å². The van der Waals surface area contributed by atoms with E-state index in [9.17, 15) is 4.79 Å². The van der Waals surface area contributed by atoms with Gasteiger partial charge in [-0.15, -0.1) is 5.10 Å². The van der Waals surface area contributed by atoms with Gasteiger partial charge in [0.05, 0.1) is 32.5 Å². The Morgan fingerprint density at radius 3 is 2.52 bits per heavy atom. The number of fused-ring (bicyclic) bond motifs is 1. The number of methoxy groups -OCH3 is 3. The molecule has 0 aliphatic rings. The molecule has 4 aromatic rings. The number of hydrogen-bond acceptors (Lipinski definition) is 8. The topological polar surface area (TPSA) is 99.9 Å². The van der Waals surface area contributed by atoms with E-state index in [1.165, 1.54) is 10.7 Å². The quantitative estimate of drug-likeness (QED) is 0.435. The van der Waals surface area contributed by atoms with Crippen LogP contribution in [0.2, 0.25) is 0 Å². The first kappa shape index (κ1) is 20.1. The lowest BCUT2D eigenvalue weighted by Crippen LogP contribution is -2.09. The summed E-state index contributed by atoms with van der Waals surface area (Å²) < 4.78 is 17.6. The summed E-state index contributed by atoms with van der Waals surface area (Å²) in [6.45, 7) is 0.451. The first-order valence-electron chi connectivity index (χ1n) is 9.47. The predicted molar refractivity (Wildman–Crippen MR) is 115 cm³/mol. The third-order valence-corrected chi connectivity index (χ3v) is 4.77. The zero-order valence-electron chi connectivity index (χ0n) is 17.3. The SMILES string of the molecule is COc1ccc(CNc2ncc(C=O)c3nc(-c4ccccc4OC)nn23)cc1OC. The molecule has 158 valence electrons. The van der Waals surface area contributed by atoms with Gasteiger partial charge in [-0.2, -0.15) is 4.52 Å². The van der Waals surface area contributed by atoms with E-state index in [1.807, 2.05) is 42.5 Å². The van der Waals surface area contributed by atoms with Gasteiger partial charge in [-0.25, -0.2) is 9.97 Å². The summed E-state index contributed by atoms with van der Waals surface area (Å²) in [5.41, 5.74) is 2.42. The van der Waals surface area contributed by atoms with Crippen molar-refractivity contribution in [3.63, 3.8) is 0 Å². The van der Waals surface area contributed by atoms with E-state index < -0.39 is 0 Å². The maximum Gasteiger partial charge on any atom is 0.226 e. The Hall–Kier alpha value is -4.14. The van der Waals surface area contributed by atoms with Gasteiger partial charge in [0, 0.05) is 12.7 Å². The van der Waals surface area contributed by atoms with Gasteiger partial charge < -0.3 is 19.5 Å². The third kappa shape index (κ3) is 3.85. The van der Waals surface area contributed by atoms with Crippen LogP contribution >= 0.6 is 0 Å². The smallest absolute Gasteiger partial charge is 0.226 e. The first-order valence-corrected chi connectivity index (χ1v) is 9.47. The Labute approximate surface area is 178 Å². The lowest BCUT2D eigenvalue weighted by molar-refractivity contribution is 0.112. The van der Waals surface area contributed by atoms with Crippen molar-refractivity contribution in [3.8, 4) is 28.6 Å². The summed E-state index contributed by atoms with van der Waals surface area (Å²) in [6.07, 6.45) is 2.18. The van der Waals surface area contributed by atoms with Crippen molar-refractivity contribution in [3.05, 3.63) is 59.8 Å². The number of benzene rings is 2. The van der Waals surface area contributed by atoms with Crippen LogP contribution in [0.5, 0.6) is 17.2 Å². The fraction of sp³-hybridized carbons (Fsp3) is 0.182. The molecule has 0 saturated carbocycles. The summed E-state index contributed by atoms with van der Waals surface area (Å²) in [5.74, 6) is 2.81. The second kappa shape index (κ2) is 8.70. The van der Waals surface area contributed by atoms with E-state index >= 15 is 0 Å². The molecule has 0 saturated heterocycles. The molecule has 9 nitrogen and oxygen atoms in total. The van der Waals surface area contributed by atoms with Crippen LogP contribution in [-0.2, 0) is 6.54 Å². The zero-order valence-corrected chi connectivity index (χ0v) is 17.3. The number of hydrogen-bond donors (Lipinski definition) is 1. The number of rotatable bonds is 8. The molecular formula is C22H21N5O4. The van der Waals surface area contributed by atoms with Gasteiger partial charge in [-0.1, -0.05) is 18.2 Å². The fourth-order valence-corrected chi connectivity index (χ4v) is 3.21. The predicted octanol–water partition coefficient (Wildman–Crippen LogP) is 3.24. The maximum atomic E-state index is 11.5. The summed E-state index contributed by atoms with van der Waals surface area (Å²) in [5, 5.41) is 7.81. The molecule has 0 radical (unpaired) electrons. The van der Waals surface area contributed by atoms with E-state index in [1.54, 1.807) is 21.3 Å². The minimum Gasteiger partial charge on any atom is -0.496 e. The van der Waals surface area contributed by atoms with E-state index in [2.05, 4.69) is 20.4 Å². The second-order valence-electron chi connectivity index (χ2n) is 6.57. The molecular weight excluding hydrogens is 398 g/mol. The van der Waals surface area contributed by atoms with E-state index in [0.717, 1.165) is 11.1 Å². The third-order valence-electron chi connectivity index (χ3n) is 4.77. The molecule has 9 heteroatoms. The molecule has 4 rings (SSSR count). The van der Waals surface area contributed by atoms with Crippen molar-refractivity contribution < 1.29 is 19.0 Å². The average molecular weight is 419 g/mol. The number of aldehydes is 1. The van der Waals surface area contributed by atoms with Crippen LogP contribution in [0, 0.1) is 0 Å². The molecule has 0 amide bonds. The van der Waals surface area contributed by atoms with Crippen molar-refractivity contribution in [2.75, 3.05) is 26.6 Å². The highest BCUT2D eigenvalue weighted by atomic mass is 16.5. The first-order chi connectivity index (χ1) is 15.2. The molecule has 2 aromatic carbocycles. The van der Waals surface area contributed by atoms with E-state index in [-0.39, 0.29) is 0 Å². The summed E-state index contributed by atoms with van der Waals surface area (Å²) in [6, 6.07) is 13.1. The highest BCUT2D eigenvalue weighted by Crippen LogP contribution is 2.29. The van der Waals surface area contributed by atoms with Crippen LogP contribution in [0.25, 0.3) is 17.0 Å². The Morgan fingerprint density at radius 1 is 1.00 bits per heavy atom. The van der Waals surface area contributed by atoms with Crippen LogP contribution in [0.3, 0.4) is 0 Å². The van der Waals surface area contributed by atoms with Gasteiger partial charge in [0.1, 0.15) is 5.75 Å². The molecule has 0 unspecified atom stereocenters. The number of ether oxygens (including phenoxy) is 3. The van der Waals surface area contributed by atoms with Crippen molar-refractivity contribution >= 4 is 17.9 Å². The average Bonchev–Trinajstić information content (AvgIpc) is 3.27. The minimum atomic E-state index is 0.338. The Kier molecular flexibility index (Phi) is 5.65. The number of nitrogens with one attached hydrogen (secondary N) is 1. The maximum absolute atomic E-state index is 11.5. The zero-order chi connectivity index (χ0) is 21.8. The van der Waals surface area contributed by atoms with Crippen molar-refractivity contribution in [2.45, 2.75) is 6.54 Å². The fourth-order valence-electron chi connectivity index (χ4n) is 3.21. The molecule has 31 heavy (non-hydrogen) atoms. The molecule has 1 N–H and O–H groups in total. The molecule has 0 spiro atoms. The highest BCUT2D eigenvalue weighted by molar-refractivity contribution is 5.85. The lowest BCUT2D eigenvalue weighted by Gasteiger charge is -2.11. The number of para-hydroxylation sites is 1. The Bertz CT molecular complexity index is 1240. The van der Waals surface area contributed by atoms with Crippen LogP contribution in [0.4, 0.5) is 5.95 Å². The number of nitrogens with zero attached hydrogens (tertiary/aromatic N) is 4. The summed E-state index contributed by atoms with van der Waals surface area (Å²) in [7, 11) is 4.77. The van der Waals surface area contributed by atoms with Gasteiger partial charge >= 0.3 is 0 Å². The van der Waals surface area contributed by atoms with Crippen LogP contribution in [0.15, 0.2) is 48.7 Å². The van der Waals surface area contributed by atoms with Crippen LogP contribution < -0.4 is 19.5 Å². The lowest BCUT2D eigenvalue weighted by atomic mass is 10.2. The largest absolute Gasteiger partial charge is 0.496 e. The minimum absolute atomic E-state index is 0.338. The summed E-state index contributed by atoms with van der Waals surface area (Å²) in [4.78, 5) is 20.4. The number of carbonyl (C=O) groups excluding carboxylic acids is 1. The molecule has 0 atom stereocenters. The van der Waals surface area contributed by atoms with Gasteiger partial charge in [0.25, 0.3) is 0 Å². The number of aromatic nitrogens is 4. The normalized spacial score (nSPS) is 10.7. The Morgan fingerprint density at radius 2 is 1.77 bits per heavy atom. The van der Waals surface area contributed by atoms with Crippen LogP contribution in [0.1, 0.15) is 15.9 Å². The molecule has 0 bridgehead atoms. The number of carbonyl (C=O) groups is 1. The molecule has 2 aromatic heterocycles. The van der Waals surface area contributed by atoms with Crippen molar-refractivity contribution in [1.82, 2.24) is 19.6 Å². The van der Waals surface area contributed by atoms with Crippen molar-refractivity contribution in [1.29, 1.82) is 0 Å². The van der Waals surface area contributed by atoms with E-state index in [0.29, 0.717) is 53.1 Å². The molecule has 0 fully saturated rings. The van der Waals surface area contributed by atoms with Gasteiger partial charge in [0.15, 0.2) is 29.3 Å². The molecule has 0 aliphatic carbocycles. The standard InChI is InChI=1S/C22H21N5O4/c1-29-17-7-5-4-6-16(17)20-25-21-15(13-28)12-24-22(27(21)26-20)23-11-14-8-9-18(30-2)19(10-14)31-3/h4-10,12-13H,11H2,1-3H3,(H,23,24). The monoisotopic (exact) mass is 419 g/mol. The van der Waals surface area contributed by atoms with Crippen LogP contribution in [-0.4, -0.2) is 47.2 Å². The molecule has 2 heterocycles. The summed E-state index contributed by atoms with van der Waals surface area (Å²) >= 11 is 0.